The topological polar surface area (TPSA) is 87.3 Å². The lowest BCUT2D eigenvalue weighted by Gasteiger charge is -2.22. The molecule has 1 atom stereocenters. The van der Waals surface area contributed by atoms with E-state index in [-0.39, 0.29) is 17.5 Å². The van der Waals surface area contributed by atoms with Crippen molar-refractivity contribution in [1.29, 1.82) is 0 Å². The summed E-state index contributed by atoms with van der Waals surface area (Å²) in [7, 11) is 0. The van der Waals surface area contributed by atoms with Crippen LogP contribution in [0, 0.1) is 6.92 Å². The van der Waals surface area contributed by atoms with Crippen molar-refractivity contribution in [3.63, 3.8) is 0 Å². The predicted molar refractivity (Wildman–Crippen MR) is 165 cm³/mol. The summed E-state index contributed by atoms with van der Waals surface area (Å²) in [6, 6.07) is 24.1. The molecule has 0 radical (unpaired) electrons. The number of nitrogens with one attached hydrogen (secondary N) is 3. The van der Waals surface area contributed by atoms with Gasteiger partial charge < -0.3 is 16.0 Å². The van der Waals surface area contributed by atoms with Crippen LogP contribution in [0.4, 0.5) is 18.9 Å². The van der Waals surface area contributed by atoms with E-state index in [0.29, 0.717) is 33.5 Å². The minimum atomic E-state index is -4.46. The van der Waals surface area contributed by atoms with Crippen LogP contribution in [0.5, 0.6) is 0 Å². The fraction of sp³-hybridized carbons (Fsp3) is 0.229. The normalized spacial score (nSPS) is 12.0. The number of amides is 3. The van der Waals surface area contributed by atoms with Crippen molar-refractivity contribution in [3.05, 3.63) is 125 Å². The summed E-state index contributed by atoms with van der Waals surface area (Å²) in [5.41, 5.74) is 2.47. The molecule has 0 spiro atoms. The van der Waals surface area contributed by atoms with Crippen LogP contribution in [0.25, 0.3) is 11.1 Å². The Labute approximate surface area is 254 Å². The number of hydrogen-bond donors (Lipinski definition) is 3. The van der Waals surface area contributed by atoms with Crippen LogP contribution in [0.1, 0.15) is 70.1 Å². The Kier molecular flexibility index (Phi) is 10.2. The quantitative estimate of drug-likeness (QED) is 0.174. The second kappa shape index (κ2) is 14.0. The highest BCUT2D eigenvalue weighted by Gasteiger charge is 2.30. The first kappa shape index (κ1) is 32.0. The molecule has 0 fully saturated rings. The molecule has 0 saturated heterocycles. The summed E-state index contributed by atoms with van der Waals surface area (Å²) in [6.07, 6.45) is -2.93. The molecule has 0 heterocycles. The lowest BCUT2D eigenvalue weighted by molar-refractivity contribution is -0.137. The summed E-state index contributed by atoms with van der Waals surface area (Å²) in [5, 5.41) is 8.69. The van der Waals surface area contributed by atoms with Crippen molar-refractivity contribution in [2.75, 3.05) is 5.32 Å². The van der Waals surface area contributed by atoms with Crippen LogP contribution < -0.4 is 16.0 Å². The Hall–Kier alpha value is -4.92. The lowest BCUT2D eigenvalue weighted by Crippen LogP contribution is -2.44. The van der Waals surface area contributed by atoms with Crippen molar-refractivity contribution in [2.45, 2.75) is 51.9 Å². The summed E-state index contributed by atoms with van der Waals surface area (Å²) in [5.74, 6) is -1.21. The van der Waals surface area contributed by atoms with E-state index < -0.39 is 29.6 Å². The SMILES string of the molecule is CCC(CC)NC(=O)C(NC(=O)c1ccc(NC(=O)c2ccccc2-c2ccc(C(F)(F)F)cc2)c(C)c1)c1ccccc1. The molecule has 0 saturated carbocycles. The lowest BCUT2D eigenvalue weighted by atomic mass is 9.98. The monoisotopic (exact) mass is 601 g/mol. The third-order valence-electron chi connectivity index (χ3n) is 7.43. The van der Waals surface area contributed by atoms with Crippen molar-refractivity contribution in [2.24, 2.45) is 0 Å². The van der Waals surface area contributed by atoms with E-state index in [1.807, 2.05) is 19.9 Å². The van der Waals surface area contributed by atoms with Crippen molar-refractivity contribution in [3.8, 4) is 11.1 Å². The van der Waals surface area contributed by atoms with Crippen molar-refractivity contribution in [1.82, 2.24) is 10.6 Å². The van der Waals surface area contributed by atoms with Crippen molar-refractivity contribution >= 4 is 23.4 Å². The van der Waals surface area contributed by atoms with Crippen LogP contribution in [0.2, 0.25) is 0 Å². The molecule has 9 heteroatoms. The molecule has 0 aliphatic rings. The van der Waals surface area contributed by atoms with Crippen LogP contribution in [-0.2, 0) is 11.0 Å². The van der Waals surface area contributed by atoms with Gasteiger partial charge >= 0.3 is 6.18 Å². The zero-order valence-corrected chi connectivity index (χ0v) is 24.7. The van der Waals surface area contributed by atoms with Gasteiger partial charge in [-0.2, -0.15) is 13.2 Å². The van der Waals surface area contributed by atoms with E-state index in [2.05, 4.69) is 16.0 Å². The number of aryl methyl sites for hydroxylation is 1. The van der Waals surface area contributed by atoms with Crippen molar-refractivity contribution < 1.29 is 27.6 Å². The van der Waals surface area contributed by atoms with Crippen LogP contribution in [0.15, 0.2) is 97.1 Å². The van der Waals surface area contributed by atoms with Crippen LogP contribution >= 0.6 is 0 Å². The molecule has 0 aliphatic heterocycles. The molecule has 1 unspecified atom stereocenters. The highest BCUT2D eigenvalue weighted by atomic mass is 19.4. The Morgan fingerprint density at radius 1 is 0.750 bits per heavy atom. The molecule has 3 N–H and O–H groups in total. The Morgan fingerprint density at radius 2 is 1.39 bits per heavy atom. The number of benzene rings is 4. The number of rotatable bonds is 10. The Morgan fingerprint density at radius 3 is 2.00 bits per heavy atom. The molecule has 4 aromatic carbocycles. The molecule has 228 valence electrons. The average molecular weight is 602 g/mol. The first-order valence-electron chi connectivity index (χ1n) is 14.4. The number of halogens is 3. The van der Waals surface area contributed by atoms with E-state index in [1.165, 1.54) is 12.1 Å². The van der Waals surface area contributed by atoms with Gasteiger partial charge in [-0.3, -0.25) is 14.4 Å². The largest absolute Gasteiger partial charge is 0.416 e. The second-order valence-corrected chi connectivity index (χ2v) is 10.4. The highest BCUT2D eigenvalue weighted by molar-refractivity contribution is 6.09. The third-order valence-corrected chi connectivity index (χ3v) is 7.43. The van der Waals surface area contributed by atoms with Crippen LogP contribution in [-0.4, -0.2) is 23.8 Å². The molecule has 0 bridgehead atoms. The fourth-order valence-electron chi connectivity index (χ4n) is 4.84. The predicted octanol–water partition coefficient (Wildman–Crippen LogP) is 7.71. The minimum Gasteiger partial charge on any atom is -0.351 e. The van der Waals surface area contributed by atoms with Gasteiger partial charge in [-0.1, -0.05) is 74.5 Å². The maximum atomic E-state index is 13.3. The number of anilines is 1. The van der Waals surface area contributed by atoms with E-state index in [4.69, 9.17) is 0 Å². The second-order valence-electron chi connectivity index (χ2n) is 10.4. The molecule has 4 rings (SSSR count). The van der Waals surface area contributed by atoms with Gasteiger partial charge in [0.25, 0.3) is 11.8 Å². The fourth-order valence-corrected chi connectivity index (χ4v) is 4.84. The first-order valence-corrected chi connectivity index (χ1v) is 14.4. The van der Waals surface area contributed by atoms with Gasteiger partial charge in [0.2, 0.25) is 5.91 Å². The third kappa shape index (κ3) is 7.72. The van der Waals surface area contributed by atoms with E-state index in [1.54, 1.807) is 73.7 Å². The van der Waals surface area contributed by atoms with Gasteiger partial charge in [0.05, 0.1) is 5.56 Å². The summed E-state index contributed by atoms with van der Waals surface area (Å²) >= 11 is 0. The zero-order chi connectivity index (χ0) is 31.9. The molecule has 4 aromatic rings. The van der Waals surface area contributed by atoms with Gasteiger partial charge in [0.15, 0.2) is 0 Å². The first-order chi connectivity index (χ1) is 21.0. The standard InChI is InChI=1S/C35H34F3N3O3/c1-4-27(5-2)39-34(44)31(24-11-7-6-8-12-24)41-32(42)25-17-20-30(22(3)21-25)40-33(43)29-14-10-9-13-28(29)23-15-18-26(19-16-23)35(36,37)38/h6-21,27,31H,4-5H2,1-3H3,(H,39,44)(H,40,43)(H,41,42). The number of carbonyl (C=O) groups excluding carboxylic acids is 3. The molecule has 0 aromatic heterocycles. The van der Waals surface area contributed by atoms with Gasteiger partial charge in [-0.25, -0.2) is 0 Å². The molecular formula is C35H34F3N3O3. The number of hydrogen-bond acceptors (Lipinski definition) is 3. The molecular weight excluding hydrogens is 567 g/mol. The smallest absolute Gasteiger partial charge is 0.351 e. The number of alkyl halides is 3. The maximum absolute atomic E-state index is 13.3. The Balaban J connectivity index is 1.52. The van der Waals surface area contributed by atoms with E-state index in [0.717, 1.165) is 25.0 Å². The summed E-state index contributed by atoms with van der Waals surface area (Å²) < 4.78 is 39.1. The average Bonchev–Trinajstić information content (AvgIpc) is 3.03. The van der Waals surface area contributed by atoms with E-state index >= 15 is 0 Å². The van der Waals surface area contributed by atoms with Gasteiger partial charge in [0, 0.05) is 22.9 Å². The van der Waals surface area contributed by atoms with Crippen LogP contribution in [0.3, 0.4) is 0 Å². The van der Waals surface area contributed by atoms with Gasteiger partial charge in [-0.05, 0) is 78.4 Å². The zero-order valence-electron chi connectivity index (χ0n) is 24.7. The van der Waals surface area contributed by atoms with Gasteiger partial charge in [-0.15, -0.1) is 0 Å². The molecule has 6 nitrogen and oxygen atoms in total. The summed E-state index contributed by atoms with van der Waals surface area (Å²) in [6.45, 7) is 5.71. The van der Waals surface area contributed by atoms with Gasteiger partial charge in [0.1, 0.15) is 6.04 Å². The summed E-state index contributed by atoms with van der Waals surface area (Å²) in [4.78, 5) is 39.8. The molecule has 44 heavy (non-hydrogen) atoms. The maximum Gasteiger partial charge on any atom is 0.416 e. The molecule has 3 amide bonds. The number of carbonyl (C=O) groups is 3. The minimum absolute atomic E-state index is 0.0138. The Bertz CT molecular complexity index is 1620. The highest BCUT2D eigenvalue weighted by Crippen LogP contribution is 2.32. The van der Waals surface area contributed by atoms with E-state index in [9.17, 15) is 27.6 Å². The molecule has 0 aliphatic carbocycles.